The van der Waals surface area contributed by atoms with E-state index in [1.54, 1.807) is 5.01 Å². The van der Waals surface area contributed by atoms with Crippen LogP contribution in [-0.4, -0.2) is 48.2 Å². The molecule has 24 heavy (non-hydrogen) atoms. The van der Waals surface area contributed by atoms with E-state index in [4.69, 9.17) is 4.74 Å². The Morgan fingerprint density at radius 2 is 1.96 bits per heavy atom. The number of amides is 1. The van der Waals surface area contributed by atoms with Crippen LogP contribution in [0, 0.1) is 0 Å². The Morgan fingerprint density at radius 3 is 2.54 bits per heavy atom. The number of rotatable bonds is 4. The minimum atomic E-state index is -4.51. The lowest BCUT2D eigenvalue weighted by Gasteiger charge is -2.30. The standard InChI is InChI=1S/C15H19F3N4O2/c16-15(17,18)10-6-12(20-11-8-24-9-11)13(19-7-10)14(23)21-22-4-2-1-3-5-22/h6-7,11,20H,1-5,8-9H2,(H,21,23). The minimum absolute atomic E-state index is 0.0412. The molecule has 0 unspecified atom stereocenters. The number of hydrogen-bond donors (Lipinski definition) is 2. The maximum absolute atomic E-state index is 12.9. The third-order valence-corrected chi connectivity index (χ3v) is 4.04. The third kappa shape index (κ3) is 3.96. The van der Waals surface area contributed by atoms with Gasteiger partial charge in [-0.2, -0.15) is 13.2 Å². The summed E-state index contributed by atoms with van der Waals surface area (Å²) in [5.74, 6) is -0.506. The fourth-order valence-corrected chi connectivity index (χ4v) is 2.65. The highest BCUT2D eigenvalue weighted by Crippen LogP contribution is 2.31. The van der Waals surface area contributed by atoms with Gasteiger partial charge in [-0.15, -0.1) is 0 Å². The van der Waals surface area contributed by atoms with Crippen LogP contribution < -0.4 is 10.7 Å². The molecule has 0 saturated carbocycles. The Bertz CT molecular complexity index is 599. The summed E-state index contributed by atoms with van der Waals surface area (Å²) in [7, 11) is 0. The largest absolute Gasteiger partial charge is 0.417 e. The first kappa shape index (κ1) is 17.0. The minimum Gasteiger partial charge on any atom is -0.377 e. The molecule has 0 atom stereocenters. The van der Waals surface area contributed by atoms with Gasteiger partial charge in [0.25, 0.3) is 5.91 Å². The molecule has 1 amide bonds. The van der Waals surface area contributed by atoms with Gasteiger partial charge in [0.2, 0.25) is 0 Å². The van der Waals surface area contributed by atoms with Gasteiger partial charge in [0.05, 0.1) is 30.5 Å². The van der Waals surface area contributed by atoms with Crippen LogP contribution >= 0.6 is 0 Å². The molecule has 9 heteroatoms. The van der Waals surface area contributed by atoms with Gasteiger partial charge in [-0.1, -0.05) is 6.42 Å². The molecule has 2 fully saturated rings. The van der Waals surface area contributed by atoms with Crippen molar-refractivity contribution < 1.29 is 22.7 Å². The van der Waals surface area contributed by atoms with E-state index in [2.05, 4.69) is 15.7 Å². The van der Waals surface area contributed by atoms with Crippen molar-refractivity contribution >= 4 is 11.6 Å². The molecule has 3 heterocycles. The number of hydrazine groups is 1. The van der Waals surface area contributed by atoms with E-state index in [1.807, 2.05) is 0 Å². The van der Waals surface area contributed by atoms with Gasteiger partial charge in [0, 0.05) is 19.3 Å². The zero-order valence-corrected chi connectivity index (χ0v) is 13.0. The molecule has 2 aliphatic heterocycles. The highest BCUT2D eigenvalue weighted by Gasteiger charge is 2.33. The van der Waals surface area contributed by atoms with Gasteiger partial charge in [-0.3, -0.25) is 10.2 Å². The van der Waals surface area contributed by atoms with Crippen LogP contribution in [0.4, 0.5) is 18.9 Å². The van der Waals surface area contributed by atoms with E-state index in [0.717, 1.165) is 38.4 Å². The topological polar surface area (TPSA) is 66.5 Å². The lowest BCUT2D eigenvalue weighted by molar-refractivity contribution is -0.137. The van der Waals surface area contributed by atoms with Crippen molar-refractivity contribution in [3.8, 4) is 0 Å². The Balaban J connectivity index is 1.80. The molecule has 1 aromatic rings. The Morgan fingerprint density at radius 1 is 1.25 bits per heavy atom. The second-order valence-corrected chi connectivity index (χ2v) is 5.99. The lowest BCUT2D eigenvalue weighted by atomic mass is 10.1. The van der Waals surface area contributed by atoms with Crippen LogP contribution in [-0.2, 0) is 10.9 Å². The van der Waals surface area contributed by atoms with Crippen molar-refractivity contribution in [1.82, 2.24) is 15.4 Å². The van der Waals surface area contributed by atoms with E-state index < -0.39 is 17.6 Å². The molecule has 0 aliphatic carbocycles. The maximum Gasteiger partial charge on any atom is 0.417 e. The molecule has 2 saturated heterocycles. The first-order valence-electron chi connectivity index (χ1n) is 7.91. The van der Waals surface area contributed by atoms with Crippen LogP contribution in [0.25, 0.3) is 0 Å². The SMILES string of the molecule is O=C(NN1CCCCC1)c1ncc(C(F)(F)F)cc1NC1COC1. The summed E-state index contributed by atoms with van der Waals surface area (Å²) >= 11 is 0. The number of halogens is 3. The van der Waals surface area contributed by atoms with Crippen molar-refractivity contribution in [2.75, 3.05) is 31.6 Å². The zero-order valence-electron chi connectivity index (χ0n) is 13.0. The van der Waals surface area contributed by atoms with Crippen molar-refractivity contribution in [2.45, 2.75) is 31.5 Å². The van der Waals surface area contributed by atoms with E-state index in [1.165, 1.54) is 0 Å². The molecule has 3 rings (SSSR count). The Hall–Kier alpha value is -1.87. The summed E-state index contributed by atoms with van der Waals surface area (Å²) < 4.78 is 43.7. The summed E-state index contributed by atoms with van der Waals surface area (Å²) in [5, 5.41) is 4.69. The van der Waals surface area contributed by atoms with E-state index in [9.17, 15) is 18.0 Å². The first-order valence-corrected chi connectivity index (χ1v) is 7.91. The predicted molar refractivity (Wildman–Crippen MR) is 80.4 cm³/mol. The maximum atomic E-state index is 12.9. The number of aromatic nitrogens is 1. The normalized spacial score (nSPS) is 19.6. The smallest absolute Gasteiger partial charge is 0.377 e. The number of ether oxygens (including phenoxy) is 1. The molecule has 0 radical (unpaired) electrons. The number of alkyl halides is 3. The fourth-order valence-electron chi connectivity index (χ4n) is 2.65. The number of nitrogens with one attached hydrogen (secondary N) is 2. The quantitative estimate of drug-likeness (QED) is 0.875. The molecule has 6 nitrogen and oxygen atoms in total. The molecule has 132 valence electrons. The Kier molecular flexibility index (Phi) is 4.91. The molecule has 0 aromatic carbocycles. The summed E-state index contributed by atoms with van der Waals surface area (Å²) in [6.45, 7) is 2.24. The van der Waals surface area contributed by atoms with Crippen molar-refractivity contribution in [1.29, 1.82) is 0 Å². The second-order valence-electron chi connectivity index (χ2n) is 5.99. The van der Waals surface area contributed by atoms with E-state index in [-0.39, 0.29) is 17.4 Å². The van der Waals surface area contributed by atoms with Gasteiger partial charge >= 0.3 is 6.18 Å². The summed E-state index contributed by atoms with van der Waals surface area (Å²) in [4.78, 5) is 16.2. The first-order chi connectivity index (χ1) is 11.4. The number of carbonyl (C=O) groups is 1. The van der Waals surface area contributed by atoms with Crippen LogP contribution in [0.15, 0.2) is 12.3 Å². The number of piperidine rings is 1. The highest BCUT2D eigenvalue weighted by atomic mass is 19.4. The van der Waals surface area contributed by atoms with E-state index >= 15 is 0 Å². The fraction of sp³-hybridized carbons (Fsp3) is 0.600. The molecule has 2 N–H and O–H groups in total. The van der Waals surface area contributed by atoms with E-state index in [0.29, 0.717) is 19.4 Å². The van der Waals surface area contributed by atoms with Gasteiger partial charge in [0.1, 0.15) is 0 Å². The number of hydrogen-bond acceptors (Lipinski definition) is 5. The number of nitrogens with zero attached hydrogens (tertiary/aromatic N) is 2. The average Bonchev–Trinajstić information content (AvgIpc) is 2.51. The zero-order chi connectivity index (χ0) is 17.2. The average molecular weight is 344 g/mol. The van der Waals surface area contributed by atoms with Gasteiger partial charge in [-0.05, 0) is 18.9 Å². The second kappa shape index (κ2) is 6.94. The van der Waals surface area contributed by atoms with Crippen LogP contribution in [0.5, 0.6) is 0 Å². The summed E-state index contributed by atoms with van der Waals surface area (Å²) in [6, 6.07) is 0.813. The predicted octanol–water partition coefficient (Wildman–Crippen LogP) is 2.04. The van der Waals surface area contributed by atoms with Crippen LogP contribution in [0.2, 0.25) is 0 Å². The van der Waals surface area contributed by atoms with Crippen LogP contribution in [0.1, 0.15) is 35.3 Å². The monoisotopic (exact) mass is 344 g/mol. The van der Waals surface area contributed by atoms with Crippen molar-refractivity contribution in [2.24, 2.45) is 0 Å². The van der Waals surface area contributed by atoms with Crippen molar-refractivity contribution in [3.05, 3.63) is 23.5 Å². The molecule has 0 bridgehead atoms. The lowest BCUT2D eigenvalue weighted by Crippen LogP contribution is -2.46. The molecular formula is C15H19F3N4O2. The highest BCUT2D eigenvalue weighted by molar-refractivity contribution is 5.97. The van der Waals surface area contributed by atoms with Gasteiger partial charge in [-0.25, -0.2) is 9.99 Å². The molecular weight excluding hydrogens is 325 g/mol. The Labute approximate surface area is 137 Å². The molecule has 1 aromatic heterocycles. The number of carbonyl (C=O) groups excluding carboxylic acids is 1. The third-order valence-electron chi connectivity index (χ3n) is 4.04. The number of pyridine rings is 1. The van der Waals surface area contributed by atoms with Crippen LogP contribution in [0.3, 0.4) is 0 Å². The summed E-state index contributed by atoms with van der Waals surface area (Å²) in [5.41, 5.74) is 1.87. The van der Waals surface area contributed by atoms with Crippen molar-refractivity contribution in [3.63, 3.8) is 0 Å². The summed E-state index contributed by atoms with van der Waals surface area (Å²) in [6.07, 6.45) is -0.759. The molecule has 0 spiro atoms. The van der Waals surface area contributed by atoms with Gasteiger partial charge < -0.3 is 10.1 Å². The number of anilines is 1. The van der Waals surface area contributed by atoms with Gasteiger partial charge in [0.15, 0.2) is 5.69 Å². The molecule has 2 aliphatic rings.